The summed E-state index contributed by atoms with van der Waals surface area (Å²) in [5.41, 5.74) is -0.483. The maximum atomic E-state index is 11.7. The number of rotatable bonds is 2. The highest BCUT2D eigenvalue weighted by atomic mass is 35.5. The molecular formula is C12H16ClN3O3. The molecule has 1 aliphatic rings. The topological polar surface area (TPSA) is 64.5 Å². The predicted molar refractivity (Wildman–Crippen MR) is 69.3 cm³/mol. The fraction of sp³-hybridized carbons (Fsp3) is 0.583. The van der Waals surface area contributed by atoms with Crippen LogP contribution in [0, 0.1) is 0 Å². The molecule has 1 aromatic heterocycles. The number of ether oxygens (including phenoxy) is 2. The van der Waals surface area contributed by atoms with E-state index < -0.39 is 5.60 Å². The molecule has 0 unspecified atom stereocenters. The van der Waals surface area contributed by atoms with E-state index in [1.807, 2.05) is 20.8 Å². The number of carbonyl (C=O) groups excluding carboxylic acids is 1. The number of hydrogen-bond acceptors (Lipinski definition) is 5. The zero-order valence-electron chi connectivity index (χ0n) is 11.1. The standard InChI is InChI=1S/C12H16ClN3O3/c1-12(2,3)19-11(17)16-5-8(6-16)18-10-4-9(13)14-7-15-10/h4,7-8H,5-6H2,1-3H3. The molecule has 0 aliphatic carbocycles. The van der Waals surface area contributed by atoms with E-state index in [4.69, 9.17) is 21.1 Å². The monoisotopic (exact) mass is 285 g/mol. The molecule has 6 nitrogen and oxygen atoms in total. The Hall–Kier alpha value is -1.56. The van der Waals surface area contributed by atoms with Crippen molar-refractivity contribution in [2.45, 2.75) is 32.5 Å². The van der Waals surface area contributed by atoms with E-state index in [0.717, 1.165) is 0 Å². The number of halogens is 1. The van der Waals surface area contributed by atoms with Crippen LogP contribution in [0.1, 0.15) is 20.8 Å². The Labute approximate surface area is 116 Å². The number of likely N-dealkylation sites (tertiary alicyclic amines) is 1. The highest BCUT2D eigenvalue weighted by molar-refractivity contribution is 6.29. The van der Waals surface area contributed by atoms with Crippen LogP contribution in [0.2, 0.25) is 5.15 Å². The number of amides is 1. The second kappa shape index (κ2) is 5.21. The normalized spacial score (nSPS) is 15.9. The third-order valence-electron chi connectivity index (χ3n) is 2.40. The lowest BCUT2D eigenvalue weighted by molar-refractivity contribution is -0.0232. The van der Waals surface area contributed by atoms with E-state index in [-0.39, 0.29) is 12.2 Å². The van der Waals surface area contributed by atoms with Crippen molar-refractivity contribution in [2.24, 2.45) is 0 Å². The van der Waals surface area contributed by atoms with Gasteiger partial charge >= 0.3 is 6.09 Å². The highest BCUT2D eigenvalue weighted by Gasteiger charge is 2.35. The molecule has 0 aromatic carbocycles. The first-order chi connectivity index (χ1) is 8.83. The van der Waals surface area contributed by atoms with Gasteiger partial charge < -0.3 is 14.4 Å². The predicted octanol–water partition coefficient (Wildman–Crippen LogP) is 2.13. The molecule has 1 amide bonds. The molecule has 0 atom stereocenters. The van der Waals surface area contributed by atoms with Crippen molar-refractivity contribution in [3.8, 4) is 5.88 Å². The summed E-state index contributed by atoms with van der Waals surface area (Å²) < 4.78 is 10.8. The molecule has 19 heavy (non-hydrogen) atoms. The zero-order valence-corrected chi connectivity index (χ0v) is 11.8. The minimum atomic E-state index is -0.483. The van der Waals surface area contributed by atoms with Crippen molar-refractivity contribution in [1.82, 2.24) is 14.9 Å². The first kappa shape index (κ1) is 13.9. The molecule has 0 radical (unpaired) electrons. The van der Waals surface area contributed by atoms with Crippen LogP contribution in [0.5, 0.6) is 5.88 Å². The van der Waals surface area contributed by atoms with Crippen molar-refractivity contribution < 1.29 is 14.3 Å². The summed E-state index contributed by atoms with van der Waals surface area (Å²) in [6, 6.07) is 1.54. The smallest absolute Gasteiger partial charge is 0.410 e. The van der Waals surface area contributed by atoms with Gasteiger partial charge in [-0.05, 0) is 20.8 Å². The lowest BCUT2D eigenvalue weighted by atomic mass is 10.2. The van der Waals surface area contributed by atoms with Gasteiger partial charge in [-0.15, -0.1) is 0 Å². The number of carbonyl (C=O) groups is 1. The first-order valence-electron chi connectivity index (χ1n) is 5.95. The minimum absolute atomic E-state index is 0.0847. The van der Waals surface area contributed by atoms with Gasteiger partial charge in [-0.2, -0.15) is 0 Å². The van der Waals surface area contributed by atoms with Crippen molar-refractivity contribution >= 4 is 17.7 Å². The molecule has 104 valence electrons. The van der Waals surface area contributed by atoms with Gasteiger partial charge in [0.15, 0.2) is 0 Å². The third-order valence-corrected chi connectivity index (χ3v) is 2.60. The maximum absolute atomic E-state index is 11.7. The molecule has 2 heterocycles. The summed E-state index contributed by atoms with van der Waals surface area (Å²) in [6.07, 6.45) is 0.925. The average molecular weight is 286 g/mol. The van der Waals surface area contributed by atoms with E-state index in [9.17, 15) is 4.79 Å². The maximum Gasteiger partial charge on any atom is 0.410 e. The number of aromatic nitrogens is 2. The molecule has 0 spiro atoms. The van der Waals surface area contributed by atoms with E-state index in [2.05, 4.69) is 9.97 Å². The third kappa shape index (κ3) is 3.96. The van der Waals surface area contributed by atoms with Crippen LogP contribution in [-0.2, 0) is 4.74 Å². The highest BCUT2D eigenvalue weighted by Crippen LogP contribution is 2.20. The molecule has 0 saturated carbocycles. The summed E-state index contributed by atoms with van der Waals surface area (Å²) in [7, 11) is 0. The zero-order chi connectivity index (χ0) is 14.0. The van der Waals surface area contributed by atoms with Gasteiger partial charge in [0, 0.05) is 6.07 Å². The Morgan fingerprint density at radius 2 is 2.11 bits per heavy atom. The molecule has 2 rings (SSSR count). The fourth-order valence-corrected chi connectivity index (χ4v) is 1.68. The van der Waals surface area contributed by atoms with E-state index in [1.54, 1.807) is 4.90 Å². The molecule has 1 aliphatic heterocycles. The van der Waals surface area contributed by atoms with Crippen molar-refractivity contribution in [3.05, 3.63) is 17.5 Å². The van der Waals surface area contributed by atoms with Gasteiger partial charge in [0.05, 0.1) is 13.1 Å². The Morgan fingerprint density at radius 3 is 2.68 bits per heavy atom. The summed E-state index contributed by atoms with van der Waals surface area (Å²) in [5.74, 6) is 0.411. The van der Waals surface area contributed by atoms with Crippen LogP contribution in [-0.4, -0.2) is 45.8 Å². The van der Waals surface area contributed by atoms with E-state index >= 15 is 0 Å². The number of nitrogens with zero attached hydrogens (tertiary/aromatic N) is 3. The SMILES string of the molecule is CC(C)(C)OC(=O)N1CC(Oc2cc(Cl)ncn2)C1. The second-order valence-electron chi connectivity index (χ2n) is 5.30. The number of hydrogen-bond donors (Lipinski definition) is 0. The molecule has 0 bridgehead atoms. The van der Waals surface area contributed by atoms with Gasteiger partial charge in [0.25, 0.3) is 0 Å². The van der Waals surface area contributed by atoms with Gasteiger partial charge in [-0.25, -0.2) is 14.8 Å². The molecule has 1 fully saturated rings. The Kier molecular flexibility index (Phi) is 3.80. The van der Waals surface area contributed by atoms with Gasteiger partial charge in [-0.1, -0.05) is 11.6 Å². The Bertz CT molecular complexity index is 470. The van der Waals surface area contributed by atoms with Gasteiger partial charge in [0.2, 0.25) is 5.88 Å². The van der Waals surface area contributed by atoms with Crippen LogP contribution in [0.25, 0.3) is 0 Å². The molecule has 1 saturated heterocycles. The first-order valence-corrected chi connectivity index (χ1v) is 6.33. The average Bonchev–Trinajstić information content (AvgIpc) is 2.20. The second-order valence-corrected chi connectivity index (χ2v) is 5.69. The van der Waals surface area contributed by atoms with Crippen molar-refractivity contribution in [3.63, 3.8) is 0 Å². The van der Waals surface area contributed by atoms with Crippen molar-refractivity contribution in [1.29, 1.82) is 0 Å². The Balaban J connectivity index is 1.79. The fourth-order valence-electron chi connectivity index (χ4n) is 1.54. The largest absolute Gasteiger partial charge is 0.470 e. The van der Waals surface area contributed by atoms with Gasteiger partial charge in [0.1, 0.15) is 23.2 Å². The Morgan fingerprint density at radius 1 is 1.42 bits per heavy atom. The lowest BCUT2D eigenvalue weighted by Gasteiger charge is -2.39. The quantitative estimate of drug-likeness (QED) is 0.779. The van der Waals surface area contributed by atoms with E-state index in [1.165, 1.54) is 12.4 Å². The van der Waals surface area contributed by atoms with Crippen LogP contribution in [0.15, 0.2) is 12.4 Å². The van der Waals surface area contributed by atoms with E-state index in [0.29, 0.717) is 24.1 Å². The van der Waals surface area contributed by atoms with Crippen LogP contribution < -0.4 is 4.74 Å². The van der Waals surface area contributed by atoms with Crippen LogP contribution >= 0.6 is 11.6 Å². The molecular weight excluding hydrogens is 270 g/mol. The molecule has 0 N–H and O–H groups in total. The lowest BCUT2D eigenvalue weighted by Crippen LogP contribution is -2.57. The van der Waals surface area contributed by atoms with Crippen molar-refractivity contribution in [2.75, 3.05) is 13.1 Å². The van der Waals surface area contributed by atoms with Gasteiger partial charge in [-0.3, -0.25) is 0 Å². The molecule has 7 heteroatoms. The molecule has 1 aromatic rings. The summed E-state index contributed by atoms with van der Waals surface area (Å²) in [5, 5.41) is 0.327. The summed E-state index contributed by atoms with van der Waals surface area (Å²) >= 11 is 5.73. The summed E-state index contributed by atoms with van der Waals surface area (Å²) in [6.45, 7) is 6.47. The summed E-state index contributed by atoms with van der Waals surface area (Å²) in [4.78, 5) is 21.0. The van der Waals surface area contributed by atoms with Crippen LogP contribution in [0.3, 0.4) is 0 Å². The van der Waals surface area contributed by atoms with Crippen LogP contribution in [0.4, 0.5) is 4.79 Å². The minimum Gasteiger partial charge on any atom is -0.470 e.